The Bertz CT molecular complexity index is 480. The van der Waals surface area contributed by atoms with Crippen LogP contribution in [0.15, 0.2) is 29.2 Å². The van der Waals surface area contributed by atoms with E-state index in [1.54, 1.807) is 26.0 Å². The second kappa shape index (κ2) is 7.00. The normalized spacial score (nSPS) is 15.2. The summed E-state index contributed by atoms with van der Waals surface area (Å²) in [6.45, 7) is 5.38. The van der Waals surface area contributed by atoms with Gasteiger partial charge in [-0.15, -0.1) is 0 Å². The first-order valence-electron chi connectivity index (χ1n) is 5.99. The Morgan fingerprint density at radius 2 is 1.74 bits per heavy atom. The summed E-state index contributed by atoms with van der Waals surface area (Å²) in [5.74, 6) is 0. The first-order chi connectivity index (χ1) is 8.85. The Labute approximate surface area is 114 Å². The number of rotatable bonds is 7. The predicted octanol–water partition coefficient (Wildman–Crippen LogP) is 2.10. The fraction of sp³-hybridized carbons (Fsp3) is 0.538. The topological polar surface area (TPSA) is 61.8 Å². The molecule has 0 aliphatic carbocycles. The fourth-order valence-corrected chi connectivity index (χ4v) is 2.41. The number of hydrogen-bond donors (Lipinski definition) is 0. The highest BCUT2D eigenvalue weighted by Gasteiger charge is 2.19. The van der Waals surface area contributed by atoms with Crippen molar-refractivity contribution in [2.24, 2.45) is 0 Å². The third-order valence-corrected chi connectivity index (χ3v) is 3.93. The van der Waals surface area contributed by atoms with E-state index in [0.717, 1.165) is 5.56 Å². The maximum atomic E-state index is 12.0. The molecule has 0 amide bonds. The van der Waals surface area contributed by atoms with E-state index in [2.05, 4.69) is 0 Å². The zero-order valence-electron chi connectivity index (χ0n) is 11.6. The Morgan fingerprint density at radius 1 is 1.16 bits per heavy atom. The minimum atomic E-state index is -3.75. The lowest BCUT2D eigenvalue weighted by molar-refractivity contribution is -0.124. The van der Waals surface area contributed by atoms with Crippen LogP contribution in [0, 0.1) is 6.92 Å². The maximum Gasteiger partial charge on any atom is 0.297 e. The SMILES string of the molecule is COC(C)OCC(C)OS(=O)(=O)c1ccc(C)cc1. The first-order valence-corrected chi connectivity index (χ1v) is 7.40. The summed E-state index contributed by atoms with van der Waals surface area (Å²) in [4.78, 5) is 0.143. The van der Waals surface area contributed by atoms with Crippen LogP contribution in [0.5, 0.6) is 0 Å². The molecule has 19 heavy (non-hydrogen) atoms. The van der Waals surface area contributed by atoms with Crippen LogP contribution >= 0.6 is 0 Å². The van der Waals surface area contributed by atoms with Crippen molar-refractivity contribution in [3.05, 3.63) is 29.8 Å². The van der Waals surface area contributed by atoms with Crippen LogP contribution < -0.4 is 0 Å². The molecule has 0 spiro atoms. The molecule has 108 valence electrons. The fourth-order valence-electron chi connectivity index (χ4n) is 1.34. The summed E-state index contributed by atoms with van der Waals surface area (Å²) < 4.78 is 39.1. The second-order valence-electron chi connectivity index (χ2n) is 4.31. The van der Waals surface area contributed by atoms with Gasteiger partial charge in [-0.2, -0.15) is 8.42 Å². The summed E-state index contributed by atoms with van der Waals surface area (Å²) in [6, 6.07) is 6.50. The van der Waals surface area contributed by atoms with Gasteiger partial charge in [0.15, 0.2) is 6.29 Å². The highest BCUT2D eigenvalue weighted by atomic mass is 32.2. The summed E-state index contributed by atoms with van der Waals surface area (Å²) in [6.07, 6.45) is -0.975. The van der Waals surface area contributed by atoms with E-state index in [9.17, 15) is 8.42 Å². The van der Waals surface area contributed by atoms with Gasteiger partial charge in [-0.05, 0) is 32.9 Å². The Balaban J connectivity index is 2.61. The highest BCUT2D eigenvalue weighted by Crippen LogP contribution is 2.15. The minimum absolute atomic E-state index is 0.139. The Hall–Kier alpha value is -0.950. The molecule has 5 nitrogen and oxygen atoms in total. The molecule has 0 fully saturated rings. The smallest absolute Gasteiger partial charge is 0.297 e. The van der Waals surface area contributed by atoms with Crippen molar-refractivity contribution in [1.29, 1.82) is 0 Å². The van der Waals surface area contributed by atoms with Crippen molar-refractivity contribution in [2.75, 3.05) is 13.7 Å². The maximum absolute atomic E-state index is 12.0. The largest absolute Gasteiger partial charge is 0.356 e. The van der Waals surface area contributed by atoms with Crippen LogP contribution in [-0.4, -0.2) is 34.5 Å². The van der Waals surface area contributed by atoms with Gasteiger partial charge < -0.3 is 9.47 Å². The van der Waals surface area contributed by atoms with E-state index in [4.69, 9.17) is 13.7 Å². The number of ether oxygens (including phenoxy) is 2. The number of methoxy groups -OCH3 is 1. The summed E-state index contributed by atoms with van der Waals surface area (Å²) >= 11 is 0. The van der Waals surface area contributed by atoms with E-state index in [1.165, 1.54) is 19.2 Å². The van der Waals surface area contributed by atoms with Crippen molar-refractivity contribution in [1.82, 2.24) is 0 Å². The molecule has 1 aromatic carbocycles. The standard InChI is InChI=1S/C13H20O5S/c1-10-5-7-13(8-6-10)19(14,15)18-11(2)9-17-12(3)16-4/h5-8,11-12H,9H2,1-4H3. The molecule has 0 bridgehead atoms. The number of hydrogen-bond acceptors (Lipinski definition) is 5. The Kier molecular flexibility index (Phi) is 5.93. The molecule has 6 heteroatoms. The third kappa shape index (κ3) is 5.28. The molecule has 0 aliphatic heterocycles. The monoisotopic (exact) mass is 288 g/mol. The molecule has 0 saturated heterocycles. The van der Waals surface area contributed by atoms with Gasteiger partial charge in [0.05, 0.1) is 17.6 Å². The van der Waals surface area contributed by atoms with Gasteiger partial charge in [-0.25, -0.2) is 0 Å². The van der Waals surface area contributed by atoms with Crippen molar-refractivity contribution < 1.29 is 22.1 Å². The molecule has 0 N–H and O–H groups in total. The lowest BCUT2D eigenvalue weighted by Gasteiger charge is -2.16. The van der Waals surface area contributed by atoms with Gasteiger partial charge in [0, 0.05) is 7.11 Å². The summed E-state index contributed by atoms with van der Waals surface area (Å²) in [5.41, 5.74) is 0.990. The van der Waals surface area contributed by atoms with Gasteiger partial charge in [0.2, 0.25) is 0 Å². The second-order valence-corrected chi connectivity index (χ2v) is 5.88. The molecule has 1 rings (SSSR count). The average molecular weight is 288 g/mol. The van der Waals surface area contributed by atoms with Crippen LogP contribution in [-0.2, 0) is 23.8 Å². The van der Waals surface area contributed by atoms with Crippen LogP contribution in [0.2, 0.25) is 0 Å². The zero-order chi connectivity index (χ0) is 14.5. The predicted molar refractivity (Wildman–Crippen MR) is 71.3 cm³/mol. The molecule has 0 aromatic heterocycles. The van der Waals surface area contributed by atoms with Gasteiger partial charge in [0.1, 0.15) is 0 Å². The van der Waals surface area contributed by atoms with E-state index in [0.29, 0.717) is 0 Å². The zero-order valence-corrected chi connectivity index (χ0v) is 12.4. The lowest BCUT2D eigenvalue weighted by Crippen LogP contribution is -2.24. The van der Waals surface area contributed by atoms with Crippen molar-refractivity contribution in [3.63, 3.8) is 0 Å². The van der Waals surface area contributed by atoms with E-state index < -0.39 is 22.5 Å². The van der Waals surface area contributed by atoms with Gasteiger partial charge in [-0.3, -0.25) is 4.18 Å². The van der Waals surface area contributed by atoms with Gasteiger partial charge in [-0.1, -0.05) is 17.7 Å². The van der Waals surface area contributed by atoms with Crippen molar-refractivity contribution in [3.8, 4) is 0 Å². The molecule has 0 saturated carbocycles. The van der Waals surface area contributed by atoms with Crippen molar-refractivity contribution >= 4 is 10.1 Å². The van der Waals surface area contributed by atoms with Gasteiger partial charge in [0.25, 0.3) is 10.1 Å². The molecule has 2 unspecified atom stereocenters. The minimum Gasteiger partial charge on any atom is -0.356 e. The first kappa shape index (κ1) is 16.1. The number of aryl methyl sites for hydroxylation is 1. The quantitative estimate of drug-likeness (QED) is 0.568. The third-order valence-electron chi connectivity index (χ3n) is 2.50. The van der Waals surface area contributed by atoms with Crippen molar-refractivity contribution in [2.45, 2.75) is 38.1 Å². The summed E-state index contributed by atoms with van der Waals surface area (Å²) in [7, 11) is -2.24. The number of benzene rings is 1. The van der Waals surface area contributed by atoms with Crippen LogP contribution in [0.1, 0.15) is 19.4 Å². The van der Waals surface area contributed by atoms with Crippen LogP contribution in [0.4, 0.5) is 0 Å². The van der Waals surface area contributed by atoms with Gasteiger partial charge >= 0.3 is 0 Å². The highest BCUT2D eigenvalue weighted by molar-refractivity contribution is 7.86. The van der Waals surface area contributed by atoms with E-state index >= 15 is 0 Å². The lowest BCUT2D eigenvalue weighted by atomic mass is 10.2. The van der Waals surface area contributed by atoms with E-state index in [-0.39, 0.29) is 11.5 Å². The summed E-state index contributed by atoms with van der Waals surface area (Å²) in [5, 5.41) is 0. The molecule has 0 aliphatic rings. The average Bonchev–Trinajstić information content (AvgIpc) is 2.36. The molecule has 0 heterocycles. The van der Waals surface area contributed by atoms with Crippen LogP contribution in [0.25, 0.3) is 0 Å². The Morgan fingerprint density at radius 3 is 2.26 bits per heavy atom. The molecule has 2 atom stereocenters. The molecule has 0 radical (unpaired) electrons. The molecular weight excluding hydrogens is 268 g/mol. The van der Waals surface area contributed by atoms with E-state index in [1.807, 2.05) is 6.92 Å². The van der Waals surface area contributed by atoms with Crippen LogP contribution in [0.3, 0.4) is 0 Å². The molecule has 1 aromatic rings. The molecular formula is C13H20O5S.